The van der Waals surface area contributed by atoms with Gasteiger partial charge in [-0.2, -0.15) is 0 Å². The Labute approximate surface area is 67.9 Å². The lowest BCUT2D eigenvalue weighted by Crippen LogP contribution is -2.12. The number of rotatable bonds is 5. The Kier molecular flexibility index (Phi) is 5.84. The van der Waals surface area contributed by atoms with Crippen LogP contribution in [0.25, 0.3) is 0 Å². The molecular weight excluding hydrogens is 142 g/mol. The molecule has 3 nitrogen and oxygen atoms in total. The molecule has 3 heteroatoms. The number of nitrogens with two attached hydrogens (primary N) is 1. The fraction of sp³-hybridized carbons (Fsp3) is 0.875. The molecule has 0 aromatic carbocycles. The van der Waals surface area contributed by atoms with Gasteiger partial charge in [-0.15, -0.1) is 0 Å². The minimum atomic E-state index is -0.117. The molecule has 0 unspecified atom stereocenters. The van der Waals surface area contributed by atoms with Crippen molar-refractivity contribution in [2.75, 3.05) is 13.2 Å². The highest BCUT2D eigenvalue weighted by molar-refractivity contribution is 5.69. The molecule has 0 bridgehead atoms. The molecule has 1 atom stereocenters. The van der Waals surface area contributed by atoms with E-state index in [0.717, 1.165) is 6.42 Å². The van der Waals surface area contributed by atoms with E-state index >= 15 is 0 Å². The summed E-state index contributed by atoms with van der Waals surface area (Å²) in [7, 11) is 0. The fourth-order valence-corrected chi connectivity index (χ4v) is 0.891. The van der Waals surface area contributed by atoms with Gasteiger partial charge in [-0.05, 0) is 25.8 Å². The highest BCUT2D eigenvalue weighted by Crippen LogP contribution is 2.06. The zero-order chi connectivity index (χ0) is 8.69. The van der Waals surface area contributed by atoms with Crippen LogP contribution >= 0.6 is 0 Å². The third kappa shape index (κ3) is 5.85. The third-order valence-electron chi connectivity index (χ3n) is 1.48. The van der Waals surface area contributed by atoms with Gasteiger partial charge in [-0.1, -0.05) is 6.92 Å². The summed E-state index contributed by atoms with van der Waals surface area (Å²) in [5.74, 6) is 0.229. The second-order valence-corrected chi connectivity index (χ2v) is 2.69. The maximum Gasteiger partial charge on any atom is 0.306 e. The molecule has 0 radical (unpaired) electrons. The Hall–Kier alpha value is -0.570. The van der Waals surface area contributed by atoms with Crippen LogP contribution in [0, 0.1) is 5.92 Å². The number of ether oxygens (including phenoxy) is 1. The SMILES string of the molecule is CCOC(=O)C[C@H](C)CCN. The summed E-state index contributed by atoms with van der Waals surface area (Å²) in [5, 5.41) is 0. The zero-order valence-corrected chi connectivity index (χ0v) is 7.30. The molecule has 0 heterocycles. The van der Waals surface area contributed by atoms with Gasteiger partial charge in [0.1, 0.15) is 0 Å². The Balaban J connectivity index is 3.40. The molecule has 0 aromatic rings. The Bertz CT molecular complexity index is 115. The van der Waals surface area contributed by atoms with Gasteiger partial charge < -0.3 is 10.5 Å². The third-order valence-corrected chi connectivity index (χ3v) is 1.48. The predicted molar refractivity (Wildman–Crippen MR) is 44.1 cm³/mol. The molecule has 11 heavy (non-hydrogen) atoms. The largest absolute Gasteiger partial charge is 0.466 e. The number of carbonyl (C=O) groups excluding carboxylic acids is 1. The van der Waals surface area contributed by atoms with Crippen LogP contribution in [0.1, 0.15) is 26.7 Å². The van der Waals surface area contributed by atoms with Crippen molar-refractivity contribution in [1.29, 1.82) is 0 Å². The average Bonchev–Trinajstić information content (AvgIpc) is 1.87. The van der Waals surface area contributed by atoms with E-state index in [4.69, 9.17) is 10.5 Å². The lowest BCUT2D eigenvalue weighted by Gasteiger charge is -2.07. The molecule has 0 saturated carbocycles. The van der Waals surface area contributed by atoms with Crippen LogP contribution in [0.15, 0.2) is 0 Å². The van der Waals surface area contributed by atoms with E-state index < -0.39 is 0 Å². The fourth-order valence-electron chi connectivity index (χ4n) is 0.891. The van der Waals surface area contributed by atoms with Crippen LogP contribution in [-0.2, 0) is 9.53 Å². The quantitative estimate of drug-likeness (QED) is 0.607. The van der Waals surface area contributed by atoms with E-state index in [-0.39, 0.29) is 5.97 Å². The van der Waals surface area contributed by atoms with Crippen molar-refractivity contribution in [3.05, 3.63) is 0 Å². The molecule has 0 aromatic heterocycles. The minimum absolute atomic E-state index is 0.117. The Morgan fingerprint density at radius 3 is 2.73 bits per heavy atom. The van der Waals surface area contributed by atoms with Crippen molar-refractivity contribution in [3.63, 3.8) is 0 Å². The number of carbonyl (C=O) groups is 1. The lowest BCUT2D eigenvalue weighted by atomic mass is 10.0. The van der Waals surface area contributed by atoms with E-state index in [1.54, 1.807) is 0 Å². The first kappa shape index (κ1) is 10.4. The van der Waals surface area contributed by atoms with Crippen LogP contribution in [-0.4, -0.2) is 19.1 Å². The smallest absolute Gasteiger partial charge is 0.306 e. The molecule has 0 rings (SSSR count). The first-order valence-electron chi connectivity index (χ1n) is 4.06. The van der Waals surface area contributed by atoms with Gasteiger partial charge in [-0.25, -0.2) is 0 Å². The maximum absolute atomic E-state index is 10.9. The van der Waals surface area contributed by atoms with Crippen molar-refractivity contribution in [1.82, 2.24) is 0 Å². The molecule has 0 spiro atoms. The van der Waals surface area contributed by atoms with E-state index in [0.29, 0.717) is 25.5 Å². The van der Waals surface area contributed by atoms with E-state index in [1.165, 1.54) is 0 Å². The summed E-state index contributed by atoms with van der Waals surface area (Å²) < 4.78 is 4.78. The van der Waals surface area contributed by atoms with Crippen molar-refractivity contribution in [3.8, 4) is 0 Å². The van der Waals surface area contributed by atoms with Gasteiger partial charge in [0.05, 0.1) is 6.61 Å². The average molecular weight is 159 g/mol. The molecule has 0 amide bonds. The molecule has 0 saturated heterocycles. The van der Waals surface area contributed by atoms with Crippen LogP contribution < -0.4 is 5.73 Å². The molecule has 0 aliphatic carbocycles. The summed E-state index contributed by atoms with van der Waals surface area (Å²) >= 11 is 0. The summed E-state index contributed by atoms with van der Waals surface area (Å²) in [5.41, 5.74) is 5.33. The Morgan fingerprint density at radius 2 is 2.27 bits per heavy atom. The number of hydrogen-bond donors (Lipinski definition) is 1. The summed E-state index contributed by atoms with van der Waals surface area (Å²) in [6, 6.07) is 0. The summed E-state index contributed by atoms with van der Waals surface area (Å²) in [6.07, 6.45) is 1.38. The topological polar surface area (TPSA) is 52.3 Å². The molecule has 0 aliphatic heterocycles. The van der Waals surface area contributed by atoms with E-state index in [1.807, 2.05) is 13.8 Å². The highest BCUT2D eigenvalue weighted by Gasteiger charge is 2.07. The van der Waals surface area contributed by atoms with Crippen molar-refractivity contribution in [2.45, 2.75) is 26.7 Å². The first-order valence-corrected chi connectivity index (χ1v) is 4.06. The second-order valence-electron chi connectivity index (χ2n) is 2.69. The zero-order valence-electron chi connectivity index (χ0n) is 7.30. The van der Waals surface area contributed by atoms with Crippen molar-refractivity contribution in [2.24, 2.45) is 11.7 Å². The molecule has 2 N–H and O–H groups in total. The van der Waals surface area contributed by atoms with Gasteiger partial charge in [-0.3, -0.25) is 4.79 Å². The van der Waals surface area contributed by atoms with Gasteiger partial charge in [0, 0.05) is 6.42 Å². The monoisotopic (exact) mass is 159 g/mol. The van der Waals surface area contributed by atoms with E-state index in [9.17, 15) is 4.79 Å². The second kappa shape index (κ2) is 6.16. The van der Waals surface area contributed by atoms with Crippen molar-refractivity contribution < 1.29 is 9.53 Å². The highest BCUT2D eigenvalue weighted by atomic mass is 16.5. The molecule has 66 valence electrons. The molecular formula is C8H17NO2. The van der Waals surface area contributed by atoms with Crippen LogP contribution in [0.3, 0.4) is 0 Å². The standard InChI is InChI=1S/C8H17NO2/c1-3-11-8(10)6-7(2)4-5-9/h7H,3-6,9H2,1-2H3/t7-/m1/s1. The summed E-state index contributed by atoms with van der Waals surface area (Å²) in [6.45, 7) is 4.92. The number of hydrogen-bond acceptors (Lipinski definition) is 3. The minimum Gasteiger partial charge on any atom is -0.466 e. The van der Waals surface area contributed by atoms with Crippen LogP contribution in [0.4, 0.5) is 0 Å². The van der Waals surface area contributed by atoms with Gasteiger partial charge >= 0.3 is 5.97 Å². The van der Waals surface area contributed by atoms with Gasteiger partial charge in [0.15, 0.2) is 0 Å². The number of esters is 1. The molecule has 0 aliphatic rings. The first-order chi connectivity index (χ1) is 5.20. The predicted octanol–water partition coefficient (Wildman–Crippen LogP) is 0.924. The van der Waals surface area contributed by atoms with Crippen molar-refractivity contribution >= 4 is 5.97 Å². The van der Waals surface area contributed by atoms with Crippen LogP contribution in [0.2, 0.25) is 0 Å². The molecule has 0 fully saturated rings. The van der Waals surface area contributed by atoms with Gasteiger partial charge in [0.25, 0.3) is 0 Å². The summed E-state index contributed by atoms with van der Waals surface area (Å²) in [4.78, 5) is 10.9. The normalized spacial score (nSPS) is 12.6. The van der Waals surface area contributed by atoms with Crippen LogP contribution in [0.5, 0.6) is 0 Å². The van der Waals surface area contributed by atoms with E-state index in [2.05, 4.69) is 0 Å². The Morgan fingerprint density at radius 1 is 1.64 bits per heavy atom. The van der Waals surface area contributed by atoms with Gasteiger partial charge in [0.2, 0.25) is 0 Å². The maximum atomic E-state index is 10.9. The lowest BCUT2D eigenvalue weighted by molar-refractivity contribution is -0.144.